The molecule has 1 aromatic heterocycles. The van der Waals surface area contributed by atoms with Crippen molar-refractivity contribution >= 4 is 11.8 Å². The second-order valence-electron chi connectivity index (χ2n) is 7.09. The van der Waals surface area contributed by atoms with Gasteiger partial charge in [0, 0.05) is 37.4 Å². The topological polar surface area (TPSA) is 71.8 Å². The zero-order valence-electron chi connectivity index (χ0n) is 15.3. The SMILES string of the molecule is O=C(NC[C@H]1CCCO1)c1cccc(-c2ccc(C(=O)N3CCCC3)o2)c1. The fourth-order valence-corrected chi connectivity index (χ4v) is 3.61. The molecule has 0 bridgehead atoms. The Morgan fingerprint density at radius 1 is 1.11 bits per heavy atom. The Labute approximate surface area is 158 Å². The van der Waals surface area contributed by atoms with Gasteiger partial charge >= 0.3 is 0 Å². The number of hydrogen-bond donors (Lipinski definition) is 1. The van der Waals surface area contributed by atoms with Crippen molar-refractivity contribution in [3.8, 4) is 11.3 Å². The standard InChI is InChI=1S/C21H24N2O4/c24-20(22-14-17-7-4-12-26-17)16-6-3-5-15(13-16)18-8-9-19(27-18)21(25)23-10-1-2-11-23/h3,5-6,8-9,13,17H,1-2,4,7,10-12,14H2,(H,22,24)/t17-/m1/s1. The predicted molar refractivity (Wildman–Crippen MR) is 101 cm³/mol. The van der Waals surface area contributed by atoms with Crippen molar-refractivity contribution in [2.24, 2.45) is 0 Å². The summed E-state index contributed by atoms with van der Waals surface area (Å²) in [5, 5.41) is 2.92. The minimum absolute atomic E-state index is 0.0655. The molecule has 2 aromatic rings. The molecule has 1 atom stereocenters. The van der Waals surface area contributed by atoms with Crippen LogP contribution in [0.1, 0.15) is 46.6 Å². The third-order valence-corrected chi connectivity index (χ3v) is 5.13. The molecule has 6 heteroatoms. The van der Waals surface area contributed by atoms with Gasteiger partial charge in [-0.05, 0) is 49.9 Å². The molecule has 1 aromatic carbocycles. The van der Waals surface area contributed by atoms with Crippen LogP contribution in [0.2, 0.25) is 0 Å². The summed E-state index contributed by atoms with van der Waals surface area (Å²) in [6.07, 6.45) is 4.24. The van der Waals surface area contributed by atoms with Crippen molar-refractivity contribution in [2.75, 3.05) is 26.2 Å². The van der Waals surface area contributed by atoms with Gasteiger partial charge in [-0.25, -0.2) is 0 Å². The molecule has 2 aliphatic rings. The average molecular weight is 368 g/mol. The number of rotatable bonds is 5. The van der Waals surface area contributed by atoms with Crippen LogP contribution in [0.3, 0.4) is 0 Å². The summed E-state index contributed by atoms with van der Waals surface area (Å²) in [6, 6.07) is 10.7. The maximum absolute atomic E-state index is 12.4. The Bertz CT molecular complexity index is 817. The van der Waals surface area contributed by atoms with Crippen LogP contribution in [-0.4, -0.2) is 49.1 Å². The first-order valence-electron chi connectivity index (χ1n) is 9.60. The van der Waals surface area contributed by atoms with Gasteiger partial charge < -0.3 is 19.4 Å². The maximum atomic E-state index is 12.4. The van der Waals surface area contributed by atoms with Gasteiger partial charge in [-0.3, -0.25) is 9.59 Å². The number of nitrogens with one attached hydrogen (secondary N) is 1. The highest BCUT2D eigenvalue weighted by Crippen LogP contribution is 2.25. The number of hydrogen-bond acceptors (Lipinski definition) is 4. The maximum Gasteiger partial charge on any atom is 0.289 e. The van der Waals surface area contributed by atoms with Gasteiger partial charge in [-0.2, -0.15) is 0 Å². The van der Waals surface area contributed by atoms with Gasteiger partial charge in [0.2, 0.25) is 0 Å². The number of likely N-dealkylation sites (tertiary alicyclic amines) is 1. The van der Waals surface area contributed by atoms with E-state index in [4.69, 9.17) is 9.15 Å². The molecule has 4 rings (SSSR count). The first-order chi connectivity index (χ1) is 13.2. The number of ether oxygens (including phenoxy) is 1. The monoisotopic (exact) mass is 368 g/mol. The van der Waals surface area contributed by atoms with E-state index < -0.39 is 0 Å². The highest BCUT2D eigenvalue weighted by molar-refractivity contribution is 5.95. The molecular weight excluding hydrogens is 344 g/mol. The summed E-state index contributed by atoms with van der Waals surface area (Å²) in [6.45, 7) is 2.87. The molecule has 0 radical (unpaired) electrons. The molecule has 142 valence electrons. The van der Waals surface area contributed by atoms with Gasteiger partial charge in [0.05, 0.1) is 6.10 Å². The van der Waals surface area contributed by atoms with Gasteiger partial charge in [0.25, 0.3) is 11.8 Å². The van der Waals surface area contributed by atoms with E-state index in [9.17, 15) is 9.59 Å². The molecule has 0 saturated carbocycles. The van der Waals surface area contributed by atoms with Crippen LogP contribution in [0, 0.1) is 0 Å². The zero-order chi connectivity index (χ0) is 18.6. The lowest BCUT2D eigenvalue weighted by atomic mass is 10.1. The first kappa shape index (κ1) is 17.8. The van der Waals surface area contributed by atoms with Crippen molar-refractivity contribution in [2.45, 2.75) is 31.8 Å². The number of carbonyl (C=O) groups is 2. The van der Waals surface area contributed by atoms with E-state index in [1.165, 1.54) is 0 Å². The predicted octanol–water partition coefficient (Wildman–Crippen LogP) is 3.09. The smallest absolute Gasteiger partial charge is 0.289 e. The van der Waals surface area contributed by atoms with Crippen molar-refractivity contribution in [1.82, 2.24) is 10.2 Å². The molecule has 0 spiro atoms. The highest BCUT2D eigenvalue weighted by Gasteiger charge is 2.22. The molecule has 2 fully saturated rings. The molecule has 2 saturated heterocycles. The molecule has 6 nitrogen and oxygen atoms in total. The van der Waals surface area contributed by atoms with E-state index in [2.05, 4.69) is 5.32 Å². The third-order valence-electron chi connectivity index (χ3n) is 5.13. The zero-order valence-corrected chi connectivity index (χ0v) is 15.3. The quantitative estimate of drug-likeness (QED) is 0.880. The number of furan rings is 1. The van der Waals surface area contributed by atoms with Crippen molar-refractivity contribution in [3.63, 3.8) is 0 Å². The van der Waals surface area contributed by atoms with E-state index in [1.807, 2.05) is 17.0 Å². The van der Waals surface area contributed by atoms with E-state index in [0.29, 0.717) is 23.6 Å². The van der Waals surface area contributed by atoms with Crippen molar-refractivity contribution < 1.29 is 18.7 Å². The van der Waals surface area contributed by atoms with Gasteiger partial charge in [-0.15, -0.1) is 0 Å². The third kappa shape index (κ3) is 4.06. The Kier molecular flexibility index (Phi) is 5.25. The second-order valence-corrected chi connectivity index (χ2v) is 7.09. The fourth-order valence-electron chi connectivity index (χ4n) is 3.61. The molecule has 3 heterocycles. The molecule has 1 N–H and O–H groups in total. The fraction of sp³-hybridized carbons (Fsp3) is 0.429. The molecule has 2 aliphatic heterocycles. The number of amides is 2. The van der Waals surface area contributed by atoms with Gasteiger partial charge in [0.1, 0.15) is 5.76 Å². The molecule has 2 amide bonds. The van der Waals surface area contributed by atoms with Gasteiger partial charge in [0.15, 0.2) is 5.76 Å². The summed E-state index contributed by atoms with van der Waals surface area (Å²) in [4.78, 5) is 26.7. The van der Waals surface area contributed by atoms with E-state index >= 15 is 0 Å². The summed E-state index contributed by atoms with van der Waals surface area (Å²) in [7, 11) is 0. The first-order valence-corrected chi connectivity index (χ1v) is 9.60. The number of nitrogens with zero attached hydrogens (tertiary/aromatic N) is 1. The van der Waals surface area contributed by atoms with Crippen LogP contribution in [0.15, 0.2) is 40.8 Å². The Morgan fingerprint density at radius 3 is 2.74 bits per heavy atom. The van der Waals surface area contributed by atoms with Crippen LogP contribution in [0.5, 0.6) is 0 Å². The minimum atomic E-state index is -0.132. The normalized spacial score (nSPS) is 19.4. The van der Waals surface area contributed by atoms with Crippen LogP contribution in [0.25, 0.3) is 11.3 Å². The molecule has 0 unspecified atom stereocenters. The van der Waals surface area contributed by atoms with Crippen LogP contribution in [0.4, 0.5) is 0 Å². The Balaban J connectivity index is 1.44. The van der Waals surface area contributed by atoms with Crippen LogP contribution < -0.4 is 5.32 Å². The summed E-state index contributed by atoms with van der Waals surface area (Å²) in [5.41, 5.74) is 1.34. The summed E-state index contributed by atoms with van der Waals surface area (Å²) >= 11 is 0. The number of carbonyl (C=O) groups excluding carboxylic acids is 2. The molecular formula is C21H24N2O4. The Morgan fingerprint density at radius 2 is 1.96 bits per heavy atom. The van der Waals surface area contributed by atoms with Gasteiger partial charge in [-0.1, -0.05) is 12.1 Å². The Hall–Kier alpha value is -2.60. The van der Waals surface area contributed by atoms with E-state index in [1.54, 1.807) is 24.3 Å². The minimum Gasteiger partial charge on any atom is -0.451 e. The van der Waals surface area contributed by atoms with Crippen molar-refractivity contribution in [3.05, 3.63) is 47.7 Å². The lowest BCUT2D eigenvalue weighted by Crippen LogP contribution is -2.31. The summed E-state index contributed by atoms with van der Waals surface area (Å²) in [5.74, 6) is 0.739. The highest BCUT2D eigenvalue weighted by atomic mass is 16.5. The van der Waals surface area contributed by atoms with Crippen molar-refractivity contribution in [1.29, 1.82) is 0 Å². The number of benzene rings is 1. The molecule has 27 heavy (non-hydrogen) atoms. The largest absolute Gasteiger partial charge is 0.451 e. The van der Waals surface area contributed by atoms with Crippen LogP contribution in [-0.2, 0) is 4.74 Å². The second kappa shape index (κ2) is 7.96. The van der Waals surface area contributed by atoms with E-state index in [-0.39, 0.29) is 17.9 Å². The van der Waals surface area contributed by atoms with E-state index in [0.717, 1.165) is 50.9 Å². The summed E-state index contributed by atoms with van der Waals surface area (Å²) < 4.78 is 11.3. The average Bonchev–Trinajstić information content (AvgIpc) is 3.48. The lowest BCUT2D eigenvalue weighted by Gasteiger charge is -2.12. The van der Waals surface area contributed by atoms with Crippen LogP contribution >= 0.6 is 0 Å². The lowest BCUT2D eigenvalue weighted by molar-refractivity contribution is 0.0762. The molecule has 0 aliphatic carbocycles.